The van der Waals surface area contributed by atoms with Gasteiger partial charge in [-0.15, -0.1) is 0 Å². The largest absolute Gasteiger partial charge is 0.494 e. The van der Waals surface area contributed by atoms with Gasteiger partial charge in [0.25, 0.3) is 0 Å². The zero-order valence-corrected chi connectivity index (χ0v) is 21.7. The van der Waals surface area contributed by atoms with Gasteiger partial charge in [0.1, 0.15) is 11.4 Å². The molecule has 182 valence electrons. The van der Waals surface area contributed by atoms with E-state index >= 15 is 0 Å². The minimum atomic E-state index is -3.89. The highest BCUT2D eigenvalue weighted by molar-refractivity contribution is 7.91. The Bertz CT molecular complexity index is 1320. The Labute approximate surface area is 206 Å². The quantitative estimate of drug-likeness (QED) is 0.365. The van der Waals surface area contributed by atoms with Crippen molar-refractivity contribution in [2.45, 2.75) is 63.8 Å². The van der Waals surface area contributed by atoms with Gasteiger partial charge in [-0.1, -0.05) is 36.7 Å². The van der Waals surface area contributed by atoms with E-state index in [9.17, 15) is 18.3 Å². The lowest BCUT2D eigenvalue weighted by Crippen LogP contribution is -2.13. The highest BCUT2D eigenvalue weighted by Gasteiger charge is 2.32. The van der Waals surface area contributed by atoms with E-state index in [1.807, 2.05) is 26.0 Å². The van der Waals surface area contributed by atoms with Crippen LogP contribution in [0.25, 0.3) is 0 Å². The number of carboxylic acids is 1. The first-order chi connectivity index (χ1) is 16.0. The maximum Gasteiger partial charge on any atom is 0.352 e. The normalized spacial score (nSPS) is 11.6. The van der Waals surface area contributed by atoms with E-state index in [0.717, 1.165) is 11.1 Å². The molecule has 6 nitrogen and oxygen atoms in total. The van der Waals surface area contributed by atoms with Gasteiger partial charge in [-0.2, -0.15) is 0 Å². The van der Waals surface area contributed by atoms with Crippen LogP contribution in [0.3, 0.4) is 0 Å². The predicted molar refractivity (Wildman–Crippen MR) is 133 cm³/mol. The lowest BCUT2D eigenvalue weighted by atomic mass is 10.1. The number of carbonyl (C=O) groups is 1. The van der Waals surface area contributed by atoms with Crippen LogP contribution in [0.15, 0.2) is 46.2 Å². The zero-order valence-electron chi connectivity index (χ0n) is 20.1. The molecule has 34 heavy (non-hydrogen) atoms. The first kappa shape index (κ1) is 25.8. The number of nitrogens with zero attached hydrogens (tertiary/aromatic N) is 1. The molecule has 1 heterocycles. The Kier molecular flexibility index (Phi) is 7.78. The summed E-state index contributed by atoms with van der Waals surface area (Å²) < 4.78 is 34.7. The third kappa shape index (κ3) is 4.86. The first-order valence-corrected chi connectivity index (χ1v) is 13.0. The van der Waals surface area contributed by atoms with Gasteiger partial charge in [-0.25, -0.2) is 13.2 Å². The monoisotopic (exact) mass is 503 g/mol. The Morgan fingerprint density at radius 2 is 1.68 bits per heavy atom. The van der Waals surface area contributed by atoms with Crippen LogP contribution in [0.2, 0.25) is 5.02 Å². The Balaban J connectivity index is 1.93. The van der Waals surface area contributed by atoms with E-state index < -0.39 is 15.8 Å². The number of hydrogen-bond donors (Lipinski definition) is 1. The fourth-order valence-electron chi connectivity index (χ4n) is 4.36. The van der Waals surface area contributed by atoms with Gasteiger partial charge in [-0.3, -0.25) is 0 Å². The van der Waals surface area contributed by atoms with Crippen molar-refractivity contribution in [2.24, 2.45) is 0 Å². The topological polar surface area (TPSA) is 85.6 Å². The van der Waals surface area contributed by atoms with Crippen molar-refractivity contribution >= 4 is 27.4 Å². The summed E-state index contributed by atoms with van der Waals surface area (Å²) in [6.07, 6.45) is 0.791. The maximum absolute atomic E-state index is 13.6. The Morgan fingerprint density at radius 3 is 2.24 bits per heavy atom. The molecular formula is C26H30ClNO5S. The molecule has 0 amide bonds. The second-order valence-corrected chi connectivity index (χ2v) is 10.6. The molecule has 0 unspecified atom stereocenters. The van der Waals surface area contributed by atoms with Crippen LogP contribution < -0.4 is 4.74 Å². The molecule has 0 saturated heterocycles. The number of rotatable bonds is 9. The smallest absolute Gasteiger partial charge is 0.352 e. The molecule has 1 aromatic heterocycles. The van der Waals surface area contributed by atoms with Crippen molar-refractivity contribution in [3.05, 3.63) is 75.1 Å². The second kappa shape index (κ2) is 10.2. The second-order valence-electron chi connectivity index (χ2n) is 8.39. The van der Waals surface area contributed by atoms with Gasteiger partial charge in [0.2, 0.25) is 9.84 Å². The average molecular weight is 504 g/mol. The Hall–Kier alpha value is -2.77. The summed E-state index contributed by atoms with van der Waals surface area (Å²) in [5, 5.41) is 10.7. The van der Waals surface area contributed by atoms with Crippen LogP contribution in [-0.2, 0) is 22.8 Å². The van der Waals surface area contributed by atoms with Crippen LogP contribution >= 0.6 is 11.6 Å². The highest BCUT2D eigenvalue weighted by atomic mass is 35.5. The van der Waals surface area contributed by atoms with Gasteiger partial charge in [-0.05, 0) is 75.4 Å². The molecule has 0 spiro atoms. The molecule has 0 aliphatic rings. The fraction of sp³-hybridized carbons (Fsp3) is 0.346. The molecule has 0 bridgehead atoms. The van der Waals surface area contributed by atoms with Crippen molar-refractivity contribution in [2.75, 3.05) is 6.61 Å². The SMILES string of the molecule is CCc1c(S(=O)(=O)c2ccccc2C)c(C)n(CCCOc2cc(C)c(Cl)c(C)c2)c1C(=O)O. The molecule has 2 aromatic carbocycles. The predicted octanol–water partition coefficient (Wildman–Crippen LogP) is 5.94. The maximum atomic E-state index is 13.6. The Morgan fingerprint density at radius 1 is 1.06 bits per heavy atom. The van der Waals surface area contributed by atoms with Gasteiger partial charge in [0.15, 0.2) is 0 Å². The lowest BCUT2D eigenvalue weighted by Gasteiger charge is -2.13. The average Bonchev–Trinajstić information content (AvgIpc) is 3.07. The standard InChI is InChI=1S/C26H30ClNO5S/c1-6-21-24(26(29)30)28(12-9-13-33-20-14-17(3)23(27)18(4)15-20)19(5)25(21)34(31,32)22-11-8-7-10-16(22)2/h7-8,10-11,14-15H,6,9,12-13H2,1-5H3,(H,29,30). The summed E-state index contributed by atoms with van der Waals surface area (Å²) in [6, 6.07) is 10.5. The van der Waals surface area contributed by atoms with Crippen molar-refractivity contribution in [1.82, 2.24) is 4.57 Å². The summed E-state index contributed by atoms with van der Waals surface area (Å²) in [5.41, 5.74) is 3.24. The summed E-state index contributed by atoms with van der Waals surface area (Å²) in [5.74, 6) is -0.449. The molecule has 8 heteroatoms. The van der Waals surface area contributed by atoms with Gasteiger partial charge in [0, 0.05) is 22.8 Å². The molecule has 0 atom stereocenters. The molecule has 3 rings (SSSR count). The zero-order chi connectivity index (χ0) is 25.2. The van der Waals surface area contributed by atoms with Gasteiger partial charge >= 0.3 is 5.97 Å². The molecule has 0 radical (unpaired) electrons. The van der Waals surface area contributed by atoms with Crippen molar-refractivity contribution in [3.63, 3.8) is 0 Å². The van der Waals surface area contributed by atoms with Crippen LogP contribution in [0.4, 0.5) is 0 Å². The van der Waals surface area contributed by atoms with E-state index in [4.69, 9.17) is 16.3 Å². The van der Waals surface area contributed by atoms with Crippen LogP contribution in [0.5, 0.6) is 5.75 Å². The minimum absolute atomic E-state index is 0.0188. The van der Waals surface area contributed by atoms with E-state index in [-0.39, 0.29) is 21.9 Å². The number of hydrogen-bond acceptors (Lipinski definition) is 4. The van der Waals surface area contributed by atoms with E-state index in [2.05, 4.69) is 0 Å². The van der Waals surface area contributed by atoms with E-state index in [1.54, 1.807) is 49.6 Å². The third-order valence-electron chi connectivity index (χ3n) is 5.98. The number of carboxylic acid groups (broad SMARTS) is 1. The number of sulfone groups is 1. The molecular weight excluding hydrogens is 474 g/mol. The number of aromatic carboxylic acids is 1. The van der Waals surface area contributed by atoms with Crippen molar-refractivity contribution in [3.8, 4) is 5.75 Å². The molecule has 0 fully saturated rings. The number of benzene rings is 2. The number of aromatic nitrogens is 1. The lowest BCUT2D eigenvalue weighted by molar-refractivity contribution is 0.0682. The molecule has 1 N–H and O–H groups in total. The fourth-order valence-corrected chi connectivity index (χ4v) is 6.50. The van der Waals surface area contributed by atoms with Crippen molar-refractivity contribution < 1.29 is 23.1 Å². The molecule has 0 aliphatic carbocycles. The summed E-state index contributed by atoms with van der Waals surface area (Å²) in [7, 11) is -3.89. The van der Waals surface area contributed by atoms with E-state index in [0.29, 0.717) is 47.2 Å². The third-order valence-corrected chi connectivity index (χ3v) is 8.69. The number of halogens is 1. The van der Waals surface area contributed by atoms with E-state index in [1.165, 1.54) is 0 Å². The number of ether oxygens (including phenoxy) is 1. The van der Waals surface area contributed by atoms with Gasteiger partial charge in [0.05, 0.1) is 16.4 Å². The van der Waals surface area contributed by atoms with Crippen LogP contribution in [-0.4, -0.2) is 30.7 Å². The van der Waals surface area contributed by atoms with Crippen LogP contribution in [0, 0.1) is 27.7 Å². The van der Waals surface area contributed by atoms with Gasteiger partial charge < -0.3 is 14.4 Å². The van der Waals surface area contributed by atoms with Crippen LogP contribution in [0.1, 0.15) is 51.8 Å². The highest BCUT2D eigenvalue weighted by Crippen LogP contribution is 2.34. The summed E-state index contributed by atoms with van der Waals surface area (Å²) in [6.45, 7) is 9.66. The molecule has 0 saturated carbocycles. The minimum Gasteiger partial charge on any atom is -0.494 e. The summed E-state index contributed by atoms with van der Waals surface area (Å²) >= 11 is 6.21. The van der Waals surface area contributed by atoms with Crippen molar-refractivity contribution in [1.29, 1.82) is 0 Å². The molecule has 0 aliphatic heterocycles. The summed E-state index contributed by atoms with van der Waals surface area (Å²) in [4.78, 5) is 12.5. The first-order valence-electron chi connectivity index (χ1n) is 11.2. The molecule has 3 aromatic rings. The number of aryl methyl sites for hydroxylation is 3.